The predicted octanol–water partition coefficient (Wildman–Crippen LogP) is 1.94. The molecule has 0 N–H and O–H groups in total. The molecule has 0 aromatic rings. The molecule has 0 aromatic carbocycles. The molecule has 82 valence electrons. The molecule has 3 nitrogen and oxygen atoms in total. The fourth-order valence-electron chi connectivity index (χ4n) is 1.68. The highest BCUT2D eigenvalue weighted by atomic mass is 16.5. The molecule has 0 saturated heterocycles. The van der Waals surface area contributed by atoms with Crippen LogP contribution >= 0.6 is 0 Å². The Balaban J connectivity index is 1.94. The third-order valence-corrected chi connectivity index (χ3v) is 2.59. The second-order valence-electron chi connectivity index (χ2n) is 3.81. The van der Waals surface area contributed by atoms with Gasteiger partial charge in [0.05, 0.1) is 6.10 Å². The summed E-state index contributed by atoms with van der Waals surface area (Å²) in [5.74, 6) is 0.393. The van der Waals surface area contributed by atoms with Crippen LogP contribution in [-0.2, 0) is 14.3 Å². The number of rotatable bonds is 6. The largest absolute Gasteiger partial charge is 0.385 e. The smallest absolute Gasteiger partial charge is 0.133 e. The molecule has 14 heavy (non-hydrogen) atoms. The summed E-state index contributed by atoms with van der Waals surface area (Å²) in [4.78, 5) is 11.0. The zero-order valence-electron chi connectivity index (χ0n) is 8.96. The molecular formula is C11H20O3. The quantitative estimate of drug-likeness (QED) is 0.615. The van der Waals surface area contributed by atoms with E-state index >= 15 is 0 Å². The molecule has 3 heteroatoms. The van der Waals surface area contributed by atoms with E-state index in [0.29, 0.717) is 24.7 Å². The van der Waals surface area contributed by atoms with Gasteiger partial charge in [0.2, 0.25) is 0 Å². The van der Waals surface area contributed by atoms with Crippen molar-refractivity contribution in [1.29, 1.82) is 0 Å². The van der Waals surface area contributed by atoms with E-state index in [4.69, 9.17) is 9.47 Å². The van der Waals surface area contributed by atoms with Crippen LogP contribution in [0.1, 0.15) is 38.5 Å². The number of Topliss-reactive ketones (excluding diaryl/α,β-unsaturated/α-hetero) is 1. The van der Waals surface area contributed by atoms with Gasteiger partial charge in [-0.25, -0.2) is 0 Å². The van der Waals surface area contributed by atoms with Gasteiger partial charge < -0.3 is 9.47 Å². The second kappa shape index (κ2) is 6.96. The zero-order valence-corrected chi connectivity index (χ0v) is 8.96. The van der Waals surface area contributed by atoms with Crippen molar-refractivity contribution in [3.63, 3.8) is 0 Å². The number of unbranched alkanes of at least 4 members (excludes halogenated alkanes) is 1. The number of carbonyl (C=O) groups is 1. The lowest BCUT2D eigenvalue weighted by Crippen LogP contribution is -2.21. The third kappa shape index (κ3) is 4.72. The van der Waals surface area contributed by atoms with Crippen molar-refractivity contribution in [3.05, 3.63) is 0 Å². The Bertz CT molecular complexity index is 158. The standard InChI is InChI=1S/C11H20O3/c1-13-8-2-3-9-14-11-6-4-10(12)5-7-11/h11H,2-9H2,1H3. The van der Waals surface area contributed by atoms with Gasteiger partial charge >= 0.3 is 0 Å². The van der Waals surface area contributed by atoms with Gasteiger partial charge in [0.25, 0.3) is 0 Å². The zero-order chi connectivity index (χ0) is 10.2. The highest BCUT2D eigenvalue weighted by Crippen LogP contribution is 2.17. The van der Waals surface area contributed by atoms with E-state index in [0.717, 1.165) is 38.9 Å². The fourth-order valence-corrected chi connectivity index (χ4v) is 1.68. The fraction of sp³-hybridized carbons (Fsp3) is 0.909. The van der Waals surface area contributed by atoms with E-state index in [1.807, 2.05) is 0 Å². The second-order valence-corrected chi connectivity index (χ2v) is 3.81. The predicted molar refractivity (Wildman–Crippen MR) is 54.3 cm³/mol. The molecule has 0 bridgehead atoms. The molecular weight excluding hydrogens is 180 g/mol. The third-order valence-electron chi connectivity index (χ3n) is 2.59. The lowest BCUT2D eigenvalue weighted by Gasteiger charge is -2.21. The number of carbonyl (C=O) groups excluding carboxylic acids is 1. The Morgan fingerprint density at radius 2 is 1.86 bits per heavy atom. The van der Waals surface area contributed by atoms with E-state index in [2.05, 4.69) is 0 Å². The first kappa shape index (κ1) is 11.7. The van der Waals surface area contributed by atoms with Crippen LogP contribution in [0, 0.1) is 0 Å². The first-order valence-corrected chi connectivity index (χ1v) is 5.45. The van der Waals surface area contributed by atoms with Crippen LogP contribution < -0.4 is 0 Å². The van der Waals surface area contributed by atoms with Crippen LogP contribution in [0.3, 0.4) is 0 Å². The van der Waals surface area contributed by atoms with Gasteiger partial charge in [-0.05, 0) is 25.7 Å². The Hall–Kier alpha value is -0.410. The summed E-state index contributed by atoms with van der Waals surface area (Å²) in [6.07, 6.45) is 5.70. The van der Waals surface area contributed by atoms with Crippen LogP contribution in [0.25, 0.3) is 0 Å². The van der Waals surface area contributed by atoms with E-state index < -0.39 is 0 Å². The average molecular weight is 200 g/mol. The molecule has 0 amide bonds. The summed E-state index contributed by atoms with van der Waals surface area (Å²) in [5.41, 5.74) is 0. The van der Waals surface area contributed by atoms with E-state index in [9.17, 15) is 4.79 Å². The van der Waals surface area contributed by atoms with E-state index in [1.165, 1.54) is 0 Å². The molecule has 0 radical (unpaired) electrons. The summed E-state index contributed by atoms with van der Waals surface area (Å²) in [6.45, 7) is 1.62. The maximum Gasteiger partial charge on any atom is 0.133 e. The Morgan fingerprint density at radius 3 is 2.50 bits per heavy atom. The minimum atomic E-state index is 0.329. The molecule has 1 rings (SSSR count). The van der Waals surface area contributed by atoms with Gasteiger partial charge in [-0.3, -0.25) is 4.79 Å². The highest BCUT2D eigenvalue weighted by molar-refractivity contribution is 5.79. The molecule has 0 aliphatic heterocycles. The van der Waals surface area contributed by atoms with Crippen LogP contribution in [0.5, 0.6) is 0 Å². The van der Waals surface area contributed by atoms with Crippen molar-refractivity contribution in [3.8, 4) is 0 Å². The molecule has 1 aliphatic rings. The minimum absolute atomic E-state index is 0.329. The summed E-state index contributed by atoms with van der Waals surface area (Å²) >= 11 is 0. The van der Waals surface area contributed by atoms with Gasteiger partial charge in [-0.1, -0.05) is 0 Å². The molecule has 0 spiro atoms. The molecule has 0 unspecified atom stereocenters. The summed E-state index contributed by atoms with van der Waals surface area (Å²) < 4.78 is 10.6. The van der Waals surface area contributed by atoms with Crippen molar-refractivity contribution in [2.45, 2.75) is 44.6 Å². The molecule has 1 fully saturated rings. The Labute approximate surface area is 85.8 Å². The normalized spacial score (nSPS) is 18.8. The van der Waals surface area contributed by atoms with Crippen molar-refractivity contribution >= 4 is 5.78 Å². The first-order chi connectivity index (χ1) is 6.83. The minimum Gasteiger partial charge on any atom is -0.385 e. The highest BCUT2D eigenvalue weighted by Gasteiger charge is 2.18. The van der Waals surface area contributed by atoms with Crippen molar-refractivity contribution in [1.82, 2.24) is 0 Å². The van der Waals surface area contributed by atoms with Crippen molar-refractivity contribution < 1.29 is 14.3 Å². The topological polar surface area (TPSA) is 35.5 Å². The van der Waals surface area contributed by atoms with Crippen LogP contribution in [0.4, 0.5) is 0 Å². The summed E-state index contributed by atoms with van der Waals surface area (Å²) in [6, 6.07) is 0. The Morgan fingerprint density at radius 1 is 1.21 bits per heavy atom. The number of hydrogen-bond donors (Lipinski definition) is 0. The van der Waals surface area contributed by atoms with Crippen LogP contribution in [-0.4, -0.2) is 32.2 Å². The van der Waals surface area contributed by atoms with Gasteiger partial charge in [-0.2, -0.15) is 0 Å². The number of ether oxygens (including phenoxy) is 2. The monoisotopic (exact) mass is 200 g/mol. The van der Waals surface area contributed by atoms with Crippen LogP contribution in [0.15, 0.2) is 0 Å². The van der Waals surface area contributed by atoms with Gasteiger partial charge in [0, 0.05) is 33.2 Å². The lowest BCUT2D eigenvalue weighted by molar-refractivity contribution is -0.123. The van der Waals surface area contributed by atoms with Crippen molar-refractivity contribution in [2.24, 2.45) is 0 Å². The number of hydrogen-bond acceptors (Lipinski definition) is 3. The number of ketones is 1. The van der Waals surface area contributed by atoms with E-state index in [-0.39, 0.29) is 0 Å². The molecule has 0 heterocycles. The summed E-state index contributed by atoms with van der Waals surface area (Å²) in [7, 11) is 1.72. The lowest BCUT2D eigenvalue weighted by atomic mass is 9.96. The number of methoxy groups -OCH3 is 1. The van der Waals surface area contributed by atoms with E-state index in [1.54, 1.807) is 7.11 Å². The van der Waals surface area contributed by atoms with Crippen molar-refractivity contribution in [2.75, 3.05) is 20.3 Å². The Kier molecular flexibility index (Phi) is 5.80. The molecule has 0 aromatic heterocycles. The molecule has 1 saturated carbocycles. The summed E-state index contributed by atoms with van der Waals surface area (Å²) in [5, 5.41) is 0. The molecule has 1 aliphatic carbocycles. The maximum absolute atomic E-state index is 11.0. The molecule has 0 atom stereocenters. The van der Waals surface area contributed by atoms with Gasteiger partial charge in [0.15, 0.2) is 0 Å². The van der Waals surface area contributed by atoms with Gasteiger partial charge in [0.1, 0.15) is 5.78 Å². The first-order valence-electron chi connectivity index (χ1n) is 5.45. The van der Waals surface area contributed by atoms with Gasteiger partial charge in [-0.15, -0.1) is 0 Å². The SMILES string of the molecule is COCCCCOC1CCC(=O)CC1. The average Bonchev–Trinajstić information content (AvgIpc) is 2.21. The van der Waals surface area contributed by atoms with Crippen LogP contribution in [0.2, 0.25) is 0 Å². The maximum atomic E-state index is 11.0.